The zero-order valence-electron chi connectivity index (χ0n) is 10.8. The number of morpholine rings is 1. The van der Waals surface area contributed by atoms with Crippen LogP contribution in [0.4, 0.5) is 0 Å². The molecule has 0 radical (unpaired) electrons. The topological polar surface area (TPSA) is 44.7 Å². The number of nitrogens with one attached hydrogen (secondary N) is 1. The summed E-state index contributed by atoms with van der Waals surface area (Å²) >= 11 is 0. The third kappa shape index (κ3) is 2.56. The summed E-state index contributed by atoms with van der Waals surface area (Å²) in [5.74, 6) is 0. The number of rotatable bonds is 1. The third-order valence-corrected chi connectivity index (χ3v) is 3.34. The van der Waals surface area contributed by atoms with E-state index in [0.29, 0.717) is 6.54 Å². The van der Waals surface area contributed by atoms with E-state index < -0.39 is 0 Å². The van der Waals surface area contributed by atoms with Crippen molar-refractivity contribution in [1.82, 2.24) is 10.2 Å². The maximum absolute atomic E-state index is 9.94. The molecule has 2 saturated heterocycles. The van der Waals surface area contributed by atoms with Crippen molar-refractivity contribution in [2.45, 2.75) is 51.0 Å². The minimum absolute atomic E-state index is 0.135. The number of hydrogen-bond donors (Lipinski definition) is 2. The summed E-state index contributed by atoms with van der Waals surface area (Å²) < 4.78 is 6.04. The Labute approximate surface area is 98.0 Å². The lowest BCUT2D eigenvalue weighted by Gasteiger charge is -2.49. The maximum atomic E-state index is 9.94. The van der Waals surface area contributed by atoms with E-state index in [1.54, 1.807) is 0 Å². The molecule has 2 rings (SSSR count). The molecule has 2 atom stereocenters. The van der Waals surface area contributed by atoms with Crippen molar-refractivity contribution in [1.29, 1.82) is 0 Å². The molecule has 0 bridgehead atoms. The van der Waals surface area contributed by atoms with Crippen molar-refractivity contribution in [2.24, 2.45) is 0 Å². The van der Waals surface area contributed by atoms with Gasteiger partial charge < -0.3 is 15.2 Å². The van der Waals surface area contributed by atoms with E-state index in [4.69, 9.17) is 4.74 Å². The first-order chi connectivity index (χ1) is 7.29. The SMILES string of the molecule is CC1(C)CN(C2CNCC2O)CC(C)(C)O1. The molecule has 94 valence electrons. The Bertz CT molecular complexity index is 250. The molecular formula is C12H24N2O2. The predicted octanol–water partition coefficient (Wildman–Crippen LogP) is 0.209. The lowest BCUT2D eigenvalue weighted by atomic mass is 9.96. The molecule has 0 aliphatic carbocycles. The van der Waals surface area contributed by atoms with Crippen molar-refractivity contribution >= 4 is 0 Å². The molecule has 2 N–H and O–H groups in total. The van der Waals surface area contributed by atoms with Crippen LogP contribution in [0.5, 0.6) is 0 Å². The van der Waals surface area contributed by atoms with Gasteiger partial charge in [-0.1, -0.05) is 0 Å². The van der Waals surface area contributed by atoms with Gasteiger partial charge in [-0.15, -0.1) is 0 Å². The molecule has 0 spiro atoms. The quantitative estimate of drug-likeness (QED) is 0.673. The Kier molecular flexibility index (Phi) is 3.03. The van der Waals surface area contributed by atoms with E-state index in [0.717, 1.165) is 19.6 Å². The summed E-state index contributed by atoms with van der Waals surface area (Å²) in [6.45, 7) is 11.9. The fourth-order valence-electron chi connectivity index (χ4n) is 3.10. The number of aliphatic hydroxyl groups excluding tert-OH is 1. The van der Waals surface area contributed by atoms with Gasteiger partial charge in [0.25, 0.3) is 0 Å². The van der Waals surface area contributed by atoms with E-state index >= 15 is 0 Å². The standard InChI is InChI=1S/C12H24N2O2/c1-11(2)7-14(8-12(3,4)16-11)9-5-13-6-10(9)15/h9-10,13,15H,5-8H2,1-4H3. The molecule has 0 saturated carbocycles. The second-order valence-corrected chi connectivity index (χ2v) is 6.32. The molecule has 2 aliphatic rings. The molecule has 2 unspecified atom stereocenters. The van der Waals surface area contributed by atoms with E-state index in [9.17, 15) is 5.11 Å². The summed E-state index contributed by atoms with van der Waals surface area (Å²) in [6, 6.07) is 0.238. The zero-order chi connectivity index (χ0) is 12.0. The molecule has 16 heavy (non-hydrogen) atoms. The third-order valence-electron chi connectivity index (χ3n) is 3.34. The Morgan fingerprint density at radius 2 is 1.69 bits per heavy atom. The van der Waals surface area contributed by atoms with Gasteiger partial charge in [0.2, 0.25) is 0 Å². The first-order valence-corrected chi connectivity index (χ1v) is 6.12. The number of hydrogen-bond acceptors (Lipinski definition) is 4. The average molecular weight is 228 g/mol. The van der Waals surface area contributed by atoms with Crippen LogP contribution in [0, 0.1) is 0 Å². The number of aliphatic hydroxyl groups is 1. The maximum Gasteiger partial charge on any atom is 0.0831 e. The van der Waals surface area contributed by atoms with Gasteiger partial charge in [0, 0.05) is 32.2 Å². The van der Waals surface area contributed by atoms with Crippen molar-refractivity contribution < 1.29 is 9.84 Å². The number of nitrogens with zero attached hydrogens (tertiary/aromatic N) is 1. The Morgan fingerprint density at radius 1 is 1.12 bits per heavy atom. The Hall–Kier alpha value is -0.160. The highest BCUT2D eigenvalue weighted by atomic mass is 16.5. The first kappa shape index (κ1) is 12.3. The van der Waals surface area contributed by atoms with E-state index in [1.807, 2.05) is 0 Å². The molecule has 0 aromatic carbocycles. The van der Waals surface area contributed by atoms with Crippen LogP contribution in [0.15, 0.2) is 0 Å². The monoisotopic (exact) mass is 228 g/mol. The molecule has 2 heterocycles. The number of β-amino-alcohol motifs (C(OH)–C–C–N with tert-alkyl or cyclic N) is 1. The smallest absolute Gasteiger partial charge is 0.0831 e. The van der Waals surface area contributed by atoms with Crippen LogP contribution in [-0.2, 0) is 4.74 Å². The lowest BCUT2D eigenvalue weighted by Crippen LogP contribution is -2.61. The second kappa shape index (κ2) is 3.95. The van der Waals surface area contributed by atoms with Gasteiger partial charge >= 0.3 is 0 Å². The normalized spacial score (nSPS) is 38.8. The van der Waals surface area contributed by atoms with Gasteiger partial charge in [0.15, 0.2) is 0 Å². The Balaban J connectivity index is 2.10. The van der Waals surface area contributed by atoms with Crippen molar-refractivity contribution in [3.63, 3.8) is 0 Å². The summed E-state index contributed by atoms with van der Waals surface area (Å²) in [5, 5.41) is 13.2. The highest BCUT2D eigenvalue weighted by Gasteiger charge is 2.43. The highest BCUT2D eigenvalue weighted by molar-refractivity contribution is 4.97. The predicted molar refractivity (Wildman–Crippen MR) is 63.5 cm³/mol. The van der Waals surface area contributed by atoms with Gasteiger partial charge in [-0.05, 0) is 27.7 Å². The zero-order valence-corrected chi connectivity index (χ0v) is 10.8. The summed E-state index contributed by atoms with van der Waals surface area (Å²) in [5.41, 5.74) is -0.270. The van der Waals surface area contributed by atoms with E-state index in [1.165, 1.54) is 0 Å². The van der Waals surface area contributed by atoms with Crippen molar-refractivity contribution in [2.75, 3.05) is 26.2 Å². The van der Waals surface area contributed by atoms with Crippen LogP contribution >= 0.6 is 0 Å². The molecule has 2 aliphatic heterocycles. The van der Waals surface area contributed by atoms with Gasteiger partial charge in [-0.3, -0.25) is 4.90 Å². The fraction of sp³-hybridized carbons (Fsp3) is 1.00. The van der Waals surface area contributed by atoms with E-state index in [-0.39, 0.29) is 23.3 Å². The summed E-state index contributed by atoms with van der Waals surface area (Å²) in [6.07, 6.45) is -0.246. The summed E-state index contributed by atoms with van der Waals surface area (Å²) in [4.78, 5) is 2.37. The fourth-order valence-corrected chi connectivity index (χ4v) is 3.10. The Morgan fingerprint density at radius 3 is 2.12 bits per heavy atom. The average Bonchev–Trinajstić information content (AvgIpc) is 2.45. The second-order valence-electron chi connectivity index (χ2n) is 6.32. The van der Waals surface area contributed by atoms with Crippen LogP contribution in [0.25, 0.3) is 0 Å². The molecular weight excluding hydrogens is 204 g/mol. The van der Waals surface area contributed by atoms with Crippen LogP contribution in [0.3, 0.4) is 0 Å². The van der Waals surface area contributed by atoms with Crippen molar-refractivity contribution in [3.05, 3.63) is 0 Å². The minimum Gasteiger partial charge on any atom is -0.390 e. The van der Waals surface area contributed by atoms with E-state index in [2.05, 4.69) is 37.9 Å². The minimum atomic E-state index is -0.246. The van der Waals surface area contributed by atoms with Gasteiger partial charge in [-0.2, -0.15) is 0 Å². The largest absolute Gasteiger partial charge is 0.390 e. The molecule has 4 nitrogen and oxygen atoms in total. The van der Waals surface area contributed by atoms with Gasteiger partial charge in [-0.25, -0.2) is 0 Å². The molecule has 4 heteroatoms. The van der Waals surface area contributed by atoms with Crippen LogP contribution in [0.2, 0.25) is 0 Å². The molecule has 0 aromatic rings. The van der Waals surface area contributed by atoms with Crippen LogP contribution in [0.1, 0.15) is 27.7 Å². The molecule has 0 amide bonds. The lowest BCUT2D eigenvalue weighted by molar-refractivity contribution is -0.190. The van der Waals surface area contributed by atoms with Gasteiger partial charge in [0.1, 0.15) is 0 Å². The molecule has 2 fully saturated rings. The highest BCUT2D eigenvalue weighted by Crippen LogP contribution is 2.30. The van der Waals surface area contributed by atoms with Crippen LogP contribution < -0.4 is 5.32 Å². The van der Waals surface area contributed by atoms with Gasteiger partial charge in [0.05, 0.1) is 17.3 Å². The van der Waals surface area contributed by atoms with Crippen LogP contribution in [-0.4, -0.2) is 59.5 Å². The number of ether oxygens (including phenoxy) is 1. The summed E-state index contributed by atoms with van der Waals surface area (Å²) in [7, 11) is 0. The van der Waals surface area contributed by atoms with Crippen molar-refractivity contribution in [3.8, 4) is 0 Å². The molecule has 0 aromatic heterocycles. The first-order valence-electron chi connectivity index (χ1n) is 6.12.